The highest BCUT2D eigenvalue weighted by molar-refractivity contribution is 7.19. The molecule has 0 N–H and O–H groups in total. The van der Waals surface area contributed by atoms with Gasteiger partial charge < -0.3 is 4.42 Å². The Labute approximate surface area is 293 Å². The molecular formula is C45H29N3OS. The number of rotatable bonds is 5. The molecule has 6 aromatic carbocycles. The third-order valence-corrected chi connectivity index (χ3v) is 10.9. The van der Waals surface area contributed by atoms with Gasteiger partial charge in [0.2, 0.25) is 0 Å². The summed E-state index contributed by atoms with van der Waals surface area (Å²) in [6.45, 7) is 0. The highest BCUT2D eigenvalue weighted by atomic mass is 32.1. The Morgan fingerprint density at radius 2 is 1.12 bits per heavy atom. The first kappa shape index (κ1) is 28.8. The molecule has 0 fully saturated rings. The monoisotopic (exact) mass is 659 g/mol. The maximum atomic E-state index is 6.63. The zero-order valence-corrected chi connectivity index (χ0v) is 27.8. The van der Waals surface area contributed by atoms with Gasteiger partial charge in [-0.3, -0.25) is 0 Å². The third-order valence-electron chi connectivity index (χ3n) is 9.67. The molecule has 1 aliphatic rings. The van der Waals surface area contributed by atoms with Gasteiger partial charge >= 0.3 is 0 Å². The largest absolute Gasteiger partial charge is 0.455 e. The molecule has 5 heteroatoms. The van der Waals surface area contributed by atoms with Crippen LogP contribution in [0.25, 0.3) is 88.7 Å². The zero-order valence-electron chi connectivity index (χ0n) is 27.0. The molecule has 50 heavy (non-hydrogen) atoms. The second-order valence-corrected chi connectivity index (χ2v) is 13.8. The maximum Gasteiger partial charge on any atom is 0.164 e. The van der Waals surface area contributed by atoms with Gasteiger partial charge in [0.15, 0.2) is 17.5 Å². The van der Waals surface area contributed by atoms with Crippen LogP contribution in [0.3, 0.4) is 0 Å². The van der Waals surface area contributed by atoms with Gasteiger partial charge in [-0.25, -0.2) is 15.0 Å². The van der Waals surface area contributed by atoms with Crippen LogP contribution < -0.4 is 0 Å². The predicted octanol–water partition coefficient (Wildman–Crippen LogP) is 12.1. The lowest BCUT2D eigenvalue weighted by molar-refractivity contribution is 0.670. The van der Waals surface area contributed by atoms with Gasteiger partial charge in [0.1, 0.15) is 11.2 Å². The number of thiophene rings is 1. The van der Waals surface area contributed by atoms with Crippen LogP contribution in [0.5, 0.6) is 0 Å². The number of hydrogen-bond acceptors (Lipinski definition) is 5. The van der Waals surface area contributed by atoms with Crippen LogP contribution in [0.1, 0.15) is 22.7 Å². The van der Waals surface area contributed by atoms with E-state index in [-0.39, 0.29) is 0 Å². The summed E-state index contributed by atoms with van der Waals surface area (Å²) in [7, 11) is 0. The second kappa shape index (κ2) is 11.8. The molecule has 0 unspecified atom stereocenters. The van der Waals surface area contributed by atoms with E-state index in [9.17, 15) is 0 Å². The summed E-state index contributed by atoms with van der Waals surface area (Å²) in [6.07, 6.45) is 4.16. The van der Waals surface area contributed by atoms with Gasteiger partial charge in [-0.1, -0.05) is 133 Å². The molecule has 3 heterocycles. The summed E-state index contributed by atoms with van der Waals surface area (Å²) in [5.74, 6) is 2.05. The molecule has 236 valence electrons. The molecule has 0 bridgehead atoms. The molecule has 0 amide bonds. The van der Waals surface area contributed by atoms with Gasteiger partial charge in [0.25, 0.3) is 0 Å². The molecule has 4 nitrogen and oxygen atoms in total. The van der Waals surface area contributed by atoms with E-state index in [4.69, 9.17) is 19.4 Å². The molecule has 0 atom stereocenters. The van der Waals surface area contributed by atoms with Gasteiger partial charge in [-0.05, 0) is 64.3 Å². The lowest BCUT2D eigenvalue weighted by atomic mass is 9.94. The van der Waals surface area contributed by atoms with E-state index in [1.807, 2.05) is 35.6 Å². The Morgan fingerprint density at radius 1 is 0.480 bits per heavy atom. The summed E-state index contributed by atoms with van der Waals surface area (Å²) in [5.41, 5.74) is 10.4. The van der Waals surface area contributed by atoms with Crippen LogP contribution >= 0.6 is 11.3 Å². The Kier molecular flexibility index (Phi) is 6.78. The fourth-order valence-electron chi connectivity index (χ4n) is 7.32. The van der Waals surface area contributed by atoms with Crippen molar-refractivity contribution in [1.82, 2.24) is 15.0 Å². The average Bonchev–Trinajstić information content (AvgIpc) is 3.77. The van der Waals surface area contributed by atoms with Crippen molar-refractivity contribution in [3.8, 4) is 45.0 Å². The van der Waals surface area contributed by atoms with Gasteiger partial charge in [-0.2, -0.15) is 0 Å². The number of allylic oxidation sites excluding steroid dienone is 1. The lowest BCUT2D eigenvalue weighted by Gasteiger charge is -2.16. The van der Waals surface area contributed by atoms with E-state index in [1.165, 1.54) is 20.5 Å². The first-order valence-corrected chi connectivity index (χ1v) is 17.7. The van der Waals surface area contributed by atoms with Gasteiger partial charge in [-0.15, -0.1) is 11.3 Å². The normalized spacial score (nSPS) is 12.8. The van der Waals surface area contributed by atoms with Crippen LogP contribution in [0.4, 0.5) is 0 Å². The minimum Gasteiger partial charge on any atom is -0.455 e. The van der Waals surface area contributed by atoms with Crippen LogP contribution in [0.15, 0.2) is 150 Å². The smallest absolute Gasteiger partial charge is 0.164 e. The van der Waals surface area contributed by atoms with Crippen molar-refractivity contribution in [2.45, 2.75) is 12.8 Å². The van der Waals surface area contributed by atoms with E-state index < -0.39 is 0 Å². The molecule has 0 saturated heterocycles. The highest BCUT2D eigenvalue weighted by Crippen LogP contribution is 2.43. The molecule has 0 radical (unpaired) electrons. The Balaban J connectivity index is 1.17. The molecule has 0 saturated carbocycles. The third kappa shape index (κ3) is 4.78. The second-order valence-electron chi connectivity index (χ2n) is 12.7. The fourth-order valence-corrected chi connectivity index (χ4v) is 8.50. The molecule has 3 aromatic heterocycles. The van der Waals surface area contributed by atoms with E-state index in [0.717, 1.165) is 79.6 Å². The van der Waals surface area contributed by atoms with Crippen LogP contribution in [0.2, 0.25) is 0 Å². The number of hydrogen-bond donors (Lipinski definition) is 0. The minimum atomic E-state index is 0.654. The van der Waals surface area contributed by atoms with Crippen LogP contribution in [-0.2, 0) is 6.42 Å². The summed E-state index contributed by atoms with van der Waals surface area (Å²) < 4.78 is 7.95. The zero-order chi connectivity index (χ0) is 33.0. The molecule has 9 aromatic rings. The highest BCUT2D eigenvalue weighted by Gasteiger charge is 2.23. The number of aromatic nitrogens is 3. The first-order valence-electron chi connectivity index (χ1n) is 16.9. The molecule has 0 spiro atoms. The van der Waals surface area contributed by atoms with E-state index in [1.54, 1.807) is 0 Å². The number of para-hydroxylation sites is 1. The van der Waals surface area contributed by atoms with Gasteiger partial charge in [0, 0.05) is 37.0 Å². The number of aryl methyl sites for hydroxylation is 1. The first-order chi connectivity index (χ1) is 24.8. The van der Waals surface area contributed by atoms with E-state index in [2.05, 4.69) is 127 Å². The van der Waals surface area contributed by atoms with Crippen molar-refractivity contribution >= 4 is 55.0 Å². The lowest BCUT2D eigenvalue weighted by Crippen LogP contribution is -2.06. The number of furan rings is 1. The van der Waals surface area contributed by atoms with Crippen LogP contribution in [-0.4, -0.2) is 15.0 Å². The number of benzene rings is 6. The van der Waals surface area contributed by atoms with Gasteiger partial charge in [0.05, 0.1) is 0 Å². The number of fused-ring (bicyclic) bond motifs is 6. The van der Waals surface area contributed by atoms with Crippen molar-refractivity contribution in [3.05, 3.63) is 162 Å². The molecule has 0 aliphatic heterocycles. The summed E-state index contributed by atoms with van der Waals surface area (Å²) in [6, 6.07) is 50.5. The Morgan fingerprint density at radius 3 is 1.98 bits per heavy atom. The van der Waals surface area contributed by atoms with Crippen molar-refractivity contribution < 1.29 is 4.42 Å². The average molecular weight is 660 g/mol. The van der Waals surface area contributed by atoms with Crippen molar-refractivity contribution in [2.24, 2.45) is 0 Å². The Hall–Kier alpha value is -6.17. The van der Waals surface area contributed by atoms with E-state index >= 15 is 0 Å². The topological polar surface area (TPSA) is 51.8 Å². The van der Waals surface area contributed by atoms with Crippen LogP contribution in [0, 0.1) is 0 Å². The molecule has 10 rings (SSSR count). The SMILES string of the molecule is C1=C(c2nc(-c3ccccc3)nc(-c3ccccc3-c3cccc4oc5c(-c6ccccc6)cccc5c34)n2)CCc2sc3ccccc3c21. The predicted molar refractivity (Wildman–Crippen MR) is 207 cm³/mol. The number of nitrogens with zero attached hydrogens (tertiary/aromatic N) is 3. The molecular weight excluding hydrogens is 631 g/mol. The summed E-state index contributed by atoms with van der Waals surface area (Å²) in [5, 5.41) is 3.46. The fraction of sp³-hybridized carbons (Fsp3) is 0.0444. The maximum absolute atomic E-state index is 6.63. The van der Waals surface area contributed by atoms with Crippen molar-refractivity contribution in [1.29, 1.82) is 0 Å². The molecule has 1 aliphatic carbocycles. The summed E-state index contributed by atoms with van der Waals surface area (Å²) in [4.78, 5) is 16.9. The van der Waals surface area contributed by atoms with E-state index in [0.29, 0.717) is 11.6 Å². The quantitative estimate of drug-likeness (QED) is 0.184. The Bertz CT molecular complexity index is 2760. The minimum absolute atomic E-state index is 0.654. The van der Waals surface area contributed by atoms with Crippen molar-refractivity contribution in [3.63, 3.8) is 0 Å². The summed E-state index contributed by atoms with van der Waals surface area (Å²) >= 11 is 1.89. The standard InChI is InChI=1S/C45H29N3OS/c1-3-13-28(14-4-1)31-20-11-22-36-41-34(21-12-23-38(41)49-42(31)36)32-17-7-8-19-35(32)45-47-43(29-15-5-2-6-16-29)46-44(48-45)30-25-26-40-37(27-30)33-18-9-10-24-39(33)50-40/h1-24,27H,25-26H2. The van der Waals surface area contributed by atoms with Crippen molar-refractivity contribution in [2.75, 3.05) is 0 Å².